The van der Waals surface area contributed by atoms with Crippen LogP contribution in [0, 0.1) is 0 Å². The maximum absolute atomic E-state index is 13.1. The van der Waals surface area contributed by atoms with Crippen molar-refractivity contribution in [3.8, 4) is 0 Å². The summed E-state index contributed by atoms with van der Waals surface area (Å²) in [7, 11) is 0. The summed E-state index contributed by atoms with van der Waals surface area (Å²) in [5, 5.41) is 1.12. The Morgan fingerprint density at radius 2 is 1.95 bits per heavy atom. The quantitative estimate of drug-likeness (QED) is 0.925. The van der Waals surface area contributed by atoms with E-state index in [1.165, 1.54) is 0 Å². The van der Waals surface area contributed by atoms with Crippen LogP contribution in [0.5, 0.6) is 0 Å². The zero-order valence-electron chi connectivity index (χ0n) is 11.7. The molecule has 21 heavy (non-hydrogen) atoms. The van der Waals surface area contributed by atoms with Gasteiger partial charge in [-0.2, -0.15) is 0 Å². The summed E-state index contributed by atoms with van der Waals surface area (Å²) in [5.41, 5.74) is 2.15. The van der Waals surface area contributed by atoms with Gasteiger partial charge in [-0.05, 0) is 18.1 Å². The molecule has 1 N–H and O–H groups in total. The number of hydrogen-bond donors (Lipinski definition) is 1. The summed E-state index contributed by atoms with van der Waals surface area (Å²) < 4.78 is 26.2. The first-order chi connectivity index (χ1) is 10.1. The Balaban J connectivity index is 1.59. The van der Waals surface area contributed by atoms with Crippen LogP contribution in [0.3, 0.4) is 0 Å². The van der Waals surface area contributed by atoms with E-state index >= 15 is 0 Å². The molecule has 0 saturated carbocycles. The zero-order valence-corrected chi connectivity index (χ0v) is 11.7. The number of amides is 1. The second-order valence-corrected chi connectivity index (χ2v) is 5.60. The van der Waals surface area contributed by atoms with Crippen molar-refractivity contribution in [3.05, 3.63) is 36.0 Å². The largest absolute Gasteiger partial charge is 0.361 e. The molecule has 1 amide bonds. The molecule has 1 saturated heterocycles. The summed E-state index contributed by atoms with van der Waals surface area (Å²) in [6, 6.07) is 7.94. The molecule has 0 radical (unpaired) electrons. The average Bonchev–Trinajstić information content (AvgIpc) is 2.88. The first-order valence-corrected chi connectivity index (χ1v) is 7.26. The number of hydrogen-bond acceptors (Lipinski definition) is 1. The fraction of sp³-hybridized carbons (Fsp3) is 0.438. The molecular weight excluding hydrogens is 274 g/mol. The number of nitrogens with zero attached hydrogens (tertiary/aromatic N) is 1. The summed E-state index contributed by atoms with van der Waals surface area (Å²) in [4.78, 5) is 16.9. The lowest BCUT2D eigenvalue weighted by molar-refractivity contribution is -0.137. The number of fused-ring (bicyclic) bond motifs is 1. The van der Waals surface area contributed by atoms with Crippen molar-refractivity contribution in [2.75, 3.05) is 13.1 Å². The lowest BCUT2D eigenvalue weighted by Crippen LogP contribution is -2.42. The van der Waals surface area contributed by atoms with Crippen molar-refractivity contribution in [1.82, 2.24) is 9.88 Å². The molecule has 0 aliphatic carbocycles. The topological polar surface area (TPSA) is 36.1 Å². The monoisotopic (exact) mass is 292 g/mol. The zero-order chi connectivity index (χ0) is 14.9. The number of rotatable bonds is 3. The van der Waals surface area contributed by atoms with E-state index in [1.54, 1.807) is 4.90 Å². The summed E-state index contributed by atoms with van der Waals surface area (Å²) in [6.07, 6.45) is 2.49. The lowest BCUT2D eigenvalue weighted by atomic mass is 10.0. The molecule has 2 heterocycles. The van der Waals surface area contributed by atoms with Crippen LogP contribution in [-0.2, 0) is 11.2 Å². The number of carbonyl (C=O) groups excluding carboxylic acids is 1. The van der Waals surface area contributed by atoms with E-state index in [1.807, 2.05) is 30.5 Å². The van der Waals surface area contributed by atoms with Gasteiger partial charge in [-0.3, -0.25) is 4.79 Å². The minimum Gasteiger partial charge on any atom is -0.361 e. The number of aromatic amines is 1. The Labute approximate surface area is 121 Å². The van der Waals surface area contributed by atoms with Crippen molar-refractivity contribution < 1.29 is 13.6 Å². The van der Waals surface area contributed by atoms with E-state index in [9.17, 15) is 13.6 Å². The van der Waals surface area contributed by atoms with Gasteiger partial charge in [0.1, 0.15) is 0 Å². The van der Waals surface area contributed by atoms with Crippen molar-refractivity contribution in [3.63, 3.8) is 0 Å². The van der Waals surface area contributed by atoms with E-state index in [2.05, 4.69) is 4.98 Å². The van der Waals surface area contributed by atoms with Crippen LogP contribution in [0.1, 0.15) is 24.8 Å². The maximum Gasteiger partial charge on any atom is 0.251 e. The molecule has 0 spiro atoms. The van der Waals surface area contributed by atoms with Gasteiger partial charge in [-0.25, -0.2) is 8.78 Å². The highest BCUT2D eigenvalue weighted by Crippen LogP contribution is 2.28. The number of halogens is 2. The Hall–Kier alpha value is -1.91. The number of carbonyl (C=O) groups is 1. The van der Waals surface area contributed by atoms with E-state index < -0.39 is 5.92 Å². The molecule has 0 atom stereocenters. The number of para-hydroxylation sites is 1. The van der Waals surface area contributed by atoms with Gasteiger partial charge in [0.2, 0.25) is 5.91 Å². The molecule has 1 aromatic heterocycles. The minimum absolute atomic E-state index is 0.0317. The number of piperidine rings is 1. The van der Waals surface area contributed by atoms with E-state index in [4.69, 9.17) is 0 Å². The highest BCUT2D eigenvalue weighted by Gasteiger charge is 2.35. The van der Waals surface area contributed by atoms with Gasteiger partial charge >= 0.3 is 0 Å². The molecule has 5 heteroatoms. The predicted molar refractivity (Wildman–Crippen MR) is 77.4 cm³/mol. The van der Waals surface area contributed by atoms with Gasteiger partial charge in [-0.1, -0.05) is 18.2 Å². The smallest absolute Gasteiger partial charge is 0.251 e. The summed E-state index contributed by atoms with van der Waals surface area (Å²) >= 11 is 0. The Kier molecular flexibility index (Phi) is 3.66. The molecule has 3 nitrogen and oxygen atoms in total. The molecule has 3 rings (SSSR count). The maximum atomic E-state index is 13.1. The van der Waals surface area contributed by atoms with Crippen molar-refractivity contribution >= 4 is 16.8 Å². The fourth-order valence-corrected chi connectivity index (χ4v) is 2.82. The molecule has 1 fully saturated rings. The van der Waals surface area contributed by atoms with E-state index in [0.29, 0.717) is 12.8 Å². The fourth-order valence-electron chi connectivity index (χ4n) is 2.82. The van der Waals surface area contributed by atoms with Crippen LogP contribution in [0.4, 0.5) is 8.78 Å². The first kappa shape index (κ1) is 14.0. The van der Waals surface area contributed by atoms with E-state index in [0.717, 1.165) is 16.5 Å². The molecule has 2 aromatic rings. The predicted octanol–water partition coefficient (Wildman–Crippen LogP) is 3.36. The van der Waals surface area contributed by atoms with Crippen molar-refractivity contribution in [2.24, 2.45) is 0 Å². The molecule has 112 valence electrons. The number of aromatic nitrogens is 1. The Morgan fingerprint density at radius 3 is 2.71 bits per heavy atom. The first-order valence-electron chi connectivity index (χ1n) is 7.26. The van der Waals surface area contributed by atoms with Gasteiger partial charge in [0, 0.05) is 49.5 Å². The second-order valence-electron chi connectivity index (χ2n) is 5.60. The van der Waals surface area contributed by atoms with Gasteiger partial charge < -0.3 is 9.88 Å². The second kappa shape index (κ2) is 5.47. The third-order valence-electron chi connectivity index (χ3n) is 4.13. The number of alkyl halides is 2. The minimum atomic E-state index is -2.60. The Bertz CT molecular complexity index is 641. The normalized spacial score (nSPS) is 18.1. The van der Waals surface area contributed by atoms with Crippen LogP contribution in [0.25, 0.3) is 10.9 Å². The lowest BCUT2D eigenvalue weighted by Gasteiger charge is -2.31. The van der Waals surface area contributed by atoms with Gasteiger partial charge in [0.25, 0.3) is 5.92 Å². The van der Waals surface area contributed by atoms with Crippen LogP contribution < -0.4 is 0 Å². The van der Waals surface area contributed by atoms with Gasteiger partial charge in [-0.15, -0.1) is 0 Å². The molecule has 1 aliphatic rings. The number of H-pyrrole nitrogens is 1. The standard InChI is InChI=1S/C16H18F2N2O/c17-16(18)7-9-20(10-8-16)15(21)6-5-12-11-19-14-4-2-1-3-13(12)14/h1-4,11,19H,5-10H2. The van der Waals surface area contributed by atoms with Crippen LogP contribution in [0.2, 0.25) is 0 Å². The summed E-state index contributed by atoms with van der Waals surface area (Å²) in [5.74, 6) is -2.64. The van der Waals surface area contributed by atoms with Crippen molar-refractivity contribution in [1.29, 1.82) is 0 Å². The molecule has 0 unspecified atom stereocenters. The van der Waals surface area contributed by atoms with Crippen LogP contribution in [0.15, 0.2) is 30.5 Å². The third kappa shape index (κ3) is 3.06. The number of benzene rings is 1. The highest BCUT2D eigenvalue weighted by atomic mass is 19.3. The molecule has 1 aliphatic heterocycles. The SMILES string of the molecule is O=C(CCc1c[nH]c2ccccc12)N1CCC(F)(F)CC1. The average molecular weight is 292 g/mol. The summed E-state index contributed by atoms with van der Waals surface area (Å²) in [6.45, 7) is 0.333. The number of likely N-dealkylation sites (tertiary alicyclic amines) is 1. The van der Waals surface area contributed by atoms with E-state index in [-0.39, 0.29) is 31.8 Å². The highest BCUT2D eigenvalue weighted by molar-refractivity contribution is 5.84. The van der Waals surface area contributed by atoms with Crippen molar-refractivity contribution in [2.45, 2.75) is 31.6 Å². The van der Waals surface area contributed by atoms with Gasteiger partial charge in [0.05, 0.1) is 0 Å². The number of nitrogens with one attached hydrogen (secondary N) is 1. The Morgan fingerprint density at radius 1 is 1.24 bits per heavy atom. The van der Waals surface area contributed by atoms with Crippen LogP contribution in [-0.4, -0.2) is 34.8 Å². The number of aryl methyl sites for hydroxylation is 1. The molecule has 0 bridgehead atoms. The third-order valence-corrected chi connectivity index (χ3v) is 4.13. The van der Waals surface area contributed by atoms with Crippen LogP contribution >= 0.6 is 0 Å². The molecular formula is C16H18F2N2O. The van der Waals surface area contributed by atoms with Gasteiger partial charge in [0.15, 0.2) is 0 Å². The molecule has 1 aromatic carbocycles.